The number of nitrogens with one attached hydrogen (secondary N) is 1. The molecule has 1 atom stereocenters. The molecule has 0 radical (unpaired) electrons. The fourth-order valence-electron chi connectivity index (χ4n) is 3.65. The van der Waals surface area contributed by atoms with E-state index in [1.165, 1.54) is 19.2 Å². The van der Waals surface area contributed by atoms with Crippen LogP contribution >= 0.6 is 0 Å². The third kappa shape index (κ3) is 5.05. The van der Waals surface area contributed by atoms with Gasteiger partial charge >= 0.3 is 0 Å². The molecule has 34 heavy (non-hydrogen) atoms. The lowest BCUT2D eigenvalue weighted by molar-refractivity contribution is 0.370. The largest absolute Gasteiger partial charge is 0.497 e. The number of benzene rings is 3. The number of nitrogens with zero attached hydrogens (tertiary/aromatic N) is 2. The van der Waals surface area contributed by atoms with E-state index < -0.39 is 31.9 Å². The zero-order valence-corrected chi connectivity index (χ0v) is 20.0. The number of hydrazone groups is 1. The van der Waals surface area contributed by atoms with Gasteiger partial charge in [-0.1, -0.05) is 24.3 Å². The highest BCUT2D eigenvalue weighted by molar-refractivity contribution is 7.92. The highest BCUT2D eigenvalue weighted by atomic mass is 32.2. The van der Waals surface area contributed by atoms with E-state index in [0.717, 1.165) is 22.8 Å². The van der Waals surface area contributed by atoms with Crippen molar-refractivity contribution in [3.8, 4) is 5.75 Å². The van der Waals surface area contributed by atoms with Crippen LogP contribution < -0.4 is 9.46 Å². The molecule has 1 heterocycles. The molecule has 4 rings (SSSR count). The molecular formula is C23H22FN3O5S2. The summed E-state index contributed by atoms with van der Waals surface area (Å²) in [7, 11) is -6.07. The Morgan fingerprint density at radius 1 is 1.00 bits per heavy atom. The normalized spacial score (nSPS) is 16.3. The van der Waals surface area contributed by atoms with Crippen molar-refractivity contribution in [2.24, 2.45) is 5.10 Å². The van der Waals surface area contributed by atoms with E-state index in [2.05, 4.69) is 9.82 Å². The van der Waals surface area contributed by atoms with Crippen LogP contribution in [-0.2, 0) is 20.0 Å². The van der Waals surface area contributed by atoms with E-state index in [1.807, 2.05) is 0 Å². The number of ether oxygens (including phenoxy) is 1. The molecule has 1 aliphatic rings. The number of halogens is 1. The number of sulfonamides is 2. The van der Waals surface area contributed by atoms with E-state index in [-0.39, 0.29) is 11.3 Å². The first-order chi connectivity index (χ1) is 16.1. The number of rotatable bonds is 7. The maximum Gasteiger partial charge on any atom is 0.279 e. The monoisotopic (exact) mass is 503 g/mol. The van der Waals surface area contributed by atoms with Crippen LogP contribution in [0, 0.1) is 5.82 Å². The van der Waals surface area contributed by atoms with Crippen molar-refractivity contribution in [3.63, 3.8) is 0 Å². The molecule has 8 nitrogen and oxygen atoms in total. The van der Waals surface area contributed by atoms with Crippen LogP contribution in [0.2, 0.25) is 0 Å². The highest BCUT2D eigenvalue weighted by Gasteiger charge is 2.37. The second kappa shape index (κ2) is 9.07. The maximum atomic E-state index is 13.5. The topological polar surface area (TPSA) is 105 Å². The van der Waals surface area contributed by atoms with Crippen LogP contribution in [0.1, 0.15) is 23.6 Å². The van der Waals surface area contributed by atoms with Crippen LogP contribution in [0.5, 0.6) is 5.75 Å². The summed E-state index contributed by atoms with van der Waals surface area (Å²) >= 11 is 0. The highest BCUT2D eigenvalue weighted by Crippen LogP contribution is 2.38. The first kappa shape index (κ1) is 23.7. The summed E-state index contributed by atoms with van der Waals surface area (Å²) in [5.41, 5.74) is 2.06. The van der Waals surface area contributed by atoms with Gasteiger partial charge in [-0.15, -0.1) is 0 Å². The maximum absolute atomic E-state index is 13.5. The minimum Gasteiger partial charge on any atom is -0.497 e. The Morgan fingerprint density at radius 2 is 1.68 bits per heavy atom. The molecule has 1 aliphatic heterocycles. The lowest BCUT2D eigenvalue weighted by Gasteiger charge is -2.23. The first-order valence-electron chi connectivity index (χ1n) is 10.2. The van der Waals surface area contributed by atoms with Gasteiger partial charge in [-0.25, -0.2) is 12.8 Å². The van der Waals surface area contributed by atoms with Gasteiger partial charge in [0.1, 0.15) is 11.6 Å². The van der Waals surface area contributed by atoms with Gasteiger partial charge in [-0.2, -0.15) is 17.9 Å². The number of hydrogen-bond donors (Lipinski definition) is 1. The Bertz CT molecular complexity index is 1440. The average Bonchev–Trinajstić information content (AvgIpc) is 3.25. The number of hydrogen-bond acceptors (Lipinski definition) is 6. The minimum atomic E-state index is -4.11. The Kier molecular flexibility index (Phi) is 6.32. The molecule has 3 aromatic rings. The standard InChI is InChI=1S/C23H22FN3O5S2/c1-32-20-10-6-16(7-11-20)23-15-22(17-4-3-5-19(14-17)26-33(2,28)29)25-27(23)34(30,31)21-12-8-18(24)9-13-21/h3-14,23,26H,15H2,1-2H3. The second-order valence-corrected chi connectivity index (χ2v) is 11.3. The molecule has 11 heteroatoms. The van der Waals surface area contributed by atoms with Crippen molar-refractivity contribution in [1.29, 1.82) is 0 Å². The quantitative estimate of drug-likeness (QED) is 0.529. The Labute approximate surface area is 197 Å². The van der Waals surface area contributed by atoms with Gasteiger partial charge in [0.25, 0.3) is 10.0 Å². The molecule has 0 aliphatic carbocycles. The summed E-state index contributed by atoms with van der Waals surface area (Å²) in [6.07, 6.45) is 1.29. The fourth-order valence-corrected chi connectivity index (χ4v) is 5.64. The molecule has 0 bridgehead atoms. The summed E-state index contributed by atoms with van der Waals surface area (Å²) in [6, 6.07) is 17.4. The van der Waals surface area contributed by atoms with Crippen molar-refractivity contribution in [3.05, 3.63) is 89.7 Å². The molecule has 0 saturated heterocycles. The van der Waals surface area contributed by atoms with Crippen LogP contribution in [0.25, 0.3) is 0 Å². The summed E-state index contributed by atoms with van der Waals surface area (Å²) in [4.78, 5) is -0.0927. The van der Waals surface area contributed by atoms with Crippen LogP contribution in [-0.4, -0.2) is 40.3 Å². The minimum absolute atomic E-state index is 0.0927. The SMILES string of the molecule is COc1ccc(C2CC(c3cccc(NS(C)(=O)=O)c3)=NN2S(=O)(=O)c2ccc(F)cc2)cc1. The molecule has 0 saturated carbocycles. The number of anilines is 1. The van der Waals surface area contributed by atoms with E-state index in [0.29, 0.717) is 28.3 Å². The summed E-state index contributed by atoms with van der Waals surface area (Å²) in [6.45, 7) is 0. The van der Waals surface area contributed by atoms with Crippen LogP contribution in [0.15, 0.2) is 82.8 Å². The number of methoxy groups -OCH3 is 1. The predicted molar refractivity (Wildman–Crippen MR) is 127 cm³/mol. The Hall–Kier alpha value is -3.44. The molecule has 178 valence electrons. The van der Waals surface area contributed by atoms with Gasteiger partial charge in [-0.05, 0) is 59.7 Å². The fraction of sp³-hybridized carbons (Fsp3) is 0.174. The Balaban J connectivity index is 1.77. The summed E-state index contributed by atoms with van der Waals surface area (Å²) in [5.74, 6) is 0.0711. The predicted octanol–water partition coefficient (Wildman–Crippen LogP) is 3.75. The van der Waals surface area contributed by atoms with Gasteiger partial charge in [0.2, 0.25) is 10.0 Å². The van der Waals surface area contributed by atoms with Crippen molar-refractivity contribution in [2.45, 2.75) is 17.4 Å². The molecular weight excluding hydrogens is 481 g/mol. The second-order valence-electron chi connectivity index (χ2n) is 7.73. The molecule has 1 unspecified atom stereocenters. The lowest BCUT2D eigenvalue weighted by atomic mass is 9.99. The molecule has 0 fully saturated rings. The summed E-state index contributed by atoms with van der Waals surface area (Å²) < 4.78 is 72.2. The van der Waals surface area contributed by atoms with E-state index in [1.54, 1.807) is 48.5 Å². The van der Waals surface area contributed by atoms with Crippen LogP contribution in [0.3, 0.4) is 0 Å². The summed E-state index contributed by atoms with van der Waals surface area (Å²) in [5, 5.41) is 4.43. The molecule has 0 aromatic heterocycles. The zero-order chi connectivity index (χ0) is 24.5. The smallest absolute Gasteiger partial charge is 0.279 e. The van der Waals surface area contributed by atoms with E-state index in [9.17, 15) is 21.2 Å². The van der Waals surface area contributed by atoms with Crippen molar-refractivity contribution in [1.82, 2.24) is 4.41 Å². The molecule has 0 spiro atoms. The molecule has 1 N–H and O–H groups in total. The van der Waals surface area contributed by atoms with Crippen molar-refractivity contribution in [2.75, 3.05) is 18.1 Å². The first-order valence-corrected chi connectivity index (χ1v) is 13.5. The lowest BCUT2D eigenvalue weighted by Crippen LogP contribution is -2.27. The van der Waals surface area contributed by atoms with Gasteiger partial charge in [-0.3, -0.25) is 4.72 Å². The molecule has 3 aromatic carbocycles. The average molecular weight is 504 g/mol. The van der Waals surface area contributed by atoms with E-state index >= 15 is 0 Å². The van der Waals surface area contributed by atoms with Gasteiger partial charge < -0.3 is 4.74 Å². The van der Waals surface area contributed by atoms with Crippen molar-refractivity contribution < 1.29 is 26.0 Å². The van der Waals surface area contributed by atoms with Gasteiger partial charge in [0, 0.05) is 12.1 Å². The zero-order valence-electron chi connectivity index (χ0n) is 18.3. The Morgan fingerprint density at radius 3 is 2.29 bits per heavy atom. The van der Waals surface area contributed by atoms with Gasteiger partial charge in [0.05, 0.1) is 30.0 Å². The third-order valence-corrected chi connectivity index (χ3v) is 7.53. The van der Waals surface area contributed by atoms with E-state index in [4.69, 9.17) is 4.74 Å². The van der Waals surface area contributed by atoms with Crippen LogP contribution in [0.4, 0.5) is 10.1 Å². The van der Waals surface area contributed by atoms with Crippen molar-refractivity contribution >= 4 is 31.4 Å². The molecule has 0 amide bonds. The van der Waals surface area contributed by atoms with Gasteiger partial charge in [0.15, 0.2) is 0 Å². The third-order valence-electron chi connectivity index (χ3n) is 5.23.